The van der Waals surface area contributed by atoms with Crippen molar-refractivity contribution in [2.45, 2.75) is 38.3 Å². The lowest BCUT2D eigenvalue weighted by Gasteiger charge is -2.23. The fraction of sp³-hybridized carbons (Fsp3) is 0.240. The molecule has 0 radical (unpaired) electrons. The first-order chi connectivity index (χ1) is 14.7. The van der Waals surface area contributed by atoms with Crippen LogP contribution in [0.5, 0.6) is 0 Å². The molecule has 1 aliphatic carbocycles. The highest BCUT2D eigenvalue weighted by Crippen LogP contribution is 2.35. The van der Waals surface area contributed by atoms with Crippen LogP contribution in [0.4, 0.5) is 0 Å². The molecule has 4 aromatic rings. The highest BCUT2D eigenvalue weighted by Gasteiger charge is 2.35. The number of amides is 1. The normalized spacial score (nSPS) is 16.7. The summed E-state index contributed by atoms with van der Waals surface area (Å²) in [5, 5.41) is 2.14. The molecule has 1 aromatic heterocycles. The van der Waals surface area contributed by atoms with E-state index in [4.69, 9.17) is 4.98 Å². The van der Waals surface area contributed by atoms with Crippen molar-refractivity contribution in [2.24, 2.45) is 0 Å². The van der Waals surface area contributed by atoms with Crippen molar-refractivity contribution in [1.82, 2.24) is 14.9 Å². The lowest BCUT2D eigenvalue weighted by atomic mass is 10.0. The van der Waals surface area contributed by atoms with Gasteiger partial charge in [-0.25, -0.2) is 4.98 Å². The SMILES string of the molecule is O=C1c2cccc(-c3nc4cc5ccccc5cc4[nH]c3=O)c2CN1C1CCCC1. The van der Waals surface area contributed by atoms with E-state index in [0.29, 0.717) is 23.8 Å². The van der Waals surface area contributed by atoms with Crippen LogP contribution < -0.4 is 5.56 Å². The molecule has 5 heteroatoms. The zero-order valence-electron chi connectivity index (χ0n) is 16.5. The van der Waals surface area contributed by atoms with Gasteiger partial charge in [0.05, 0.1) is 11.0 Å². The Morgan fingerprint density at radius 3 is 2.43 bits per heavy atom. The van der Waals surface area contributed by atoms with Gasteiger partial charge in [-0.3, -0.25) is 9.59 Å². The molecule has 1 amide bonds. The van der Waals surface area contributed by atoms with Crippen molar-refractivity contribution in [2.75, 3.05) is 0 Å². The van der Waals surface area contributed by atoms with Gasteiger partial charge in [0.15, 0.2) is 0 Å². The molecule has 1 saturated carbocycles. The zero-order valence-corrected chi connectivity index (χ0v) is 16.5. The number of nitrogens with zero attached hydrogens (tertiary/aromatic N) is 2. The Balaban J connectivity index is 1.50. The van der Waals surface area contributed by atoms with Gasteiger partial charge in [-0.2, -0.15) is 0 Å². The van der Waals surface area contributed by atoms with Crippen LogP contribution in [-0.2, 0) is 6.54 Å². The number of fused-ring (bicyclic) bond motifs is 3. The summed E-state index contributed by atoms with van der Waals surface area (Å²) in [7, 11) is 0. The first-order valence-electron chi connectivity index (χ1n) is 10.5. The van der Waals surface area contributed by atoms with Gasteiger partial charge < -0.3 is 9.88 Å². The van der Waals surface area contributed by atoms with Gasteiger partial charge in [0, 0.05) is 23.7 Å². The van der Waals surface area contributed by atoms with Gasteiger partial charge in [-0.05, 0) is 47.4 Å². The first kappa shape index (κ1) is 17.4. The van der Waals surface area contributed by atoms with E-state index in [1.165, 1.54) is 12.8 Å². The second kappa shape index (κ2) is 6.52. The Bertz CT molecular complexity index is 1380. The van der Waals surface area contributed by atoms with Crippen LogP contribution in [0.1, 0.15) is 41.6 Å². The van der Waals surface area contributed by atoms with Crippen molar-refractivity contribution >= 4 is 27.7 Å². The molecular formula is C25H21N3O2. The topological polar surface area (TPSA) is 66.1 Å². The number of H-pyrrole nitrogens is 1. The number of carbonyl (C=O) groups excluding carboxylic acids is 1. The van der Waals surface area contributed by atoms with Gasteiger partial charge in [0.25, 0.3) is 11.5 Å². The third-order valence-corrected chi connectivity index (χ3v) is 6.58. The largest absolute Gasteiger partial charge is 0.331 e. The fourth-order valence-corrected chi connectivity index (χ4v) is 5.04. The Morgan fingerprint density at radius 1 is 0.900 bits per heavy atom. The Hall–Kier alpha value is -3.47. The number of rotatable bonds is 2. The molecule has 148 valence electrons. The van der Waals surface area contributed by atoms with Gasteiger partial charge in [0.2, 0.25) is 0 Å². The zero-order chi connectivity index (χ0) is 20.2. The molecule has 2 aliphatic rings. The molecule has 6 rings (SSSR count). The minimum Gasteiger partial charge on any atom is -0.331 e. The summed E-state index contributed by atoms with van der Waals surface area (Å²) in [4.78, 5) is 35.7. The summed E-state index contributed by atoms with van der Waals surface area (Å²) < 4.78 is 0. The summed E-state index contributed by atoms with van der Waals surface area (Å²) in [5.41, 5.74) is 4.02. The number of hydrogen-bond donors (Lipinski definition) is 1. The van der Waals surface area contributed by atoms with Crippen molar-refractivity contribution in [3.8, 4) is 11.3 Å². The van der Waals surface area contributed by atoms with Crippen molar-refractivity contribution < 1.29 is 4.79 Å². The molecule has 1 N–H and O–H groups in total. The second-order valence-corrected chi connectivity index (χ2v) is 8.33. The number of aromatic nitrogens is 2. The first-order valence-corrected chi connectivity index (χ1v) is 10.5. The van der Waals surface area contributed by atoms with E-state index in [1.54, 1.807) is 0 Å². The monoisotopic (exact) mass is 395 g/mol. The van der Waals surface area contributed by atoms with Crippen LogP contribution in [-0.4, -0.2) is 26.8 Å². The maximum atomic E-state index is 13.0. The Labute approximate surface area is 173 Å². The summed E-state index contributed by atoms with van der Waals surface area (Å²) >= 11 is 0. The van der Waals surface area contributed by atoms with Crippen LogP contribution in [0, 0.1) is 0 Å². The van der Waals surface area contributed by atoms with E-state index >= 15 is 0 Å². The van der Waals surface area contributed by atoms with Gasteiger partial charge in [-0.1, -0.05) is 49.2 Å². The maximum Gasteiger partial charge on any atom is 0.274 e. The van der Waals surface area contributed by atoms with Crippen LogP contribution in [0.25, 0.3) is 33.1 Å². The van der Waals surface area contributed by atoms with E-state index < -0.39 is 0 Å². The van der Waals surface area contributed by atoms with E-state index in [9.17, 15) is 9.59 Å². The second-order valence-electron chi connectivity index (χ2n) is 8.33. The minimum atomic E-state index is -0.224. The summed E-state index contributed by atoms with van der Waals surface area (Å²) in [6.45, 7) is 0.561. The van der Waals surface area contributed by atoms with Gasteiger partial charge in [-0.15, -0.1) is 0 Å². The van der Waals surface area contributed by atoms with Crippen LogP contribution in [0.15, 0.2) is 59.4 Å². The number of benzene rings is 3. The van der Waals surface area contributed by atoms with Crippen LogP contribution >= 0.6 is 0 Å². The van der Waals surface area contributed by atoms with Gasteiger partial charge >= 0.3 is 0 Å². The fourth-order valence-electron chi connectivity index (χ4n) is 5.04. The summed E-state index contributed by atoms with van der Waals surface area (Å²) in [5.74, 6) is 0.0851. The minimum absolute atomic E-state index is 0.0851. The van der Waals surface area contributed by atoms with Gasteiger partial charge in [0.1, 0.15) is 5.69 Å². The molecule has 0 saturated heterocycles. The highest BCUT2D eigenvalue weighted by atomic mass is 16.2. The standard InChI is InChI=1S/C25H21N3O2/c29-24-23(26-21-12-15-6-1-2-7-16(15)13-22(21)27-24)18-10-5-11-19-20(18)14-28(25(19)30)17-8-3-4-9-17/h1-2,5-7,10-13,17H,3-4,8-9,14H2,(H,27,29). The summed E-state index contributed by atoms with van der Waals surface area (Å²) in [6.07, 6.45) is 4.49. The highest BCUT2D eigenvalue weighted by molar-refractivity contribution is 6.01. The number of aromatic amines is 1. The number of nitrogens with one attached hydrogen (secondary N) is 1. The van der Waals surface area contributed by atoms with E-state index in [2.05, 4.69) is 4.98 Å². The van der Waals surface area contributed by atoms with Crippen LogP contribution in [0.2, 0.25) is 0 Å². The quantitative estimate of drug-likeness (QED) is 0.503. The lowest BCUT2D eigenvalue weighted by Crippen LogP contribution is -2.33. The molecule has 3 aromatic carbocycles. The Kier molecular flexibility index (Phi) is 3.78. The molecular weight excluding hydrogens is 374 g/mol. The lowest BCUT2D eigenvalue weighted by molar-refractivity contribution is 0.0707. The van der Waals surface area contributed by atoms with Crippen molar-refractivity contribution in [3.05, 3.63) is 76.1 Å². The van der Waals surface area contributed by atoms with Crippen molar-refractivity contribution in [3.63, 3.8) is 0 Å². The molecule has 0 unspecified atom stereocenters. The van der Waals surface area contributed by atoms with E-state index in [-0.39, 0.29) is 11.5 Å². The summed E-state index contributed by atoms with van der Waals surface area (Å²) in [6, 6.07) is 18.0. The smallest absolute Gasteiger partial charge is 0.274 e. The molecule has 5 nitrogen and oxygen atoms in total. The predicted octanol–water partition coefficient (Wildman–Crippen LogP) is 4.64. The molecule has 0 atom stereocenters. The number of hydrogen-bond acceptors (Lipinski definition) is 3. The molecule has 1 aliphatic heterocycles. The third kappa shape index (κ3) is 2.58. The maximum absolute atomic E-state index is 13.0. The average Bonchev–Trinajstić information content (AvgIpc) is 3.40. The average molecular weight is 395 g/mol. The third-order valence-electron chi connectivity index (χ3n) is 6.58. The molecule has 2 heterocycles. The molecule has 0 bridgehead atoms. The van der Waals surface area contributed by atoms with E-state index in [1.807, 2.05) is 59.5 Å². The van der Waals surface area contributed by atoms with Crippen molar-refractivity contribution in [1.29, 1.82) is 0 Å². The predicted molar refractivity (Wildman–Crippen MR) is 117 cm³/mol. The molecule has 0 spiro atoms. The van der Waals surface area contributed by atoms with Crippen LogP contribution in [0.3, 0.4) is 0 Å². The Morgan fingerprint density at radius 2 is 1.63 bits per heavy atom. The number of carbonyl (C=O) groups is 1. The molecule has 30 heavy (non-hydrogen) atoms. The molecule has 1 fully saturated rings. The van der Waals surface area contributed by atoms with E-state index in [0.717, 1.165) is 45.8 Å².